The van der Waals surface area contributed by atoms with Crippen LogP contribution in [0.5, 0.6) is 0 Å². The summed E-state index contributed by atoms with van der Waals surface area (Å²) >= 11 is 12.1. The van der Waals surface area contributed by atoms with E-state index in [2.05, 4.69) is 9.82 Å². The van der Waals surface area contributed by atoms with Crippen molar-refractivity contribution in [3.05, 3.63) is 64.8 Å². The molecule has 5 nitrogen and oxygen atoms in total. The van der Waals surface area contributed by atoms with Crippen LogP contribution in [0, 0.1) is 0 Å². The lowest BCUT2D eigenvalue weighted by atomic mass is 10.2. The highest BCUT2D eigenvalue weighted by Gasteiger charge is 2.27. The lowest BCUT2D eigenvalue weighted by Crippen LogP contribution is -2.14. The number of sulfonamides is 1. The monoisotopic (exact) mass is 435 g/mol. The highest BCUT2D eigenvalue weighted by Crippen LogP contribution is 2.35. The van der Waals surface area contributed by atoms with E-state index in [9.17, 15) is 8.42 Å². The summed E-state index contributed by atoms with van der Waals surface area (Å²) in [6, 6.07) is 14.2. The molecule has 0 bridgehead atoms. The van der Waals surface area contributed by atoms with Crippen LogP contribution in [0.15, 0.2) is 59.6 Å². The van der Waals surface area contributed by atoms with Gasteiger partial charge >= 0.3 is 0 Å². The zero-order valence-electron chi connectivity index (χ0n) is 15.0. The van der Waals surface area contributed by atoms with Crippen LogP contribution in [0.3, 0.4) is 0 Å². The molecule has 0 aliphatic heterocycles. The van der Waals surface area contributed by atoms with Gasteiger partial charge in [0.15, 0.2) is 0 Å². The number of halogens is 2. The SMILES string of the molecule is O=S(=O)(Nc1cc(Cl)ccc1Cl)c1cn(C2CCCC2)nc1-c1ccccc1. The van der Waals surface area contributed by atoms with E-state index in [0.717, 1.165) is 31.2 Å². The predicted octanol–water partition coefficient (Wildman–Crippen LogP) is 5.77. The Morgan fingerprint density at radius 2 is 1.75 bits per heavy atom. The Labute approximate surface area is 174 Å². The first-order valence-electron chi connectivity index (χ1n) is 9.06. The largest absolute Gasteiger partial charge is 0.278 e. The lowest BCUT2D eigenvalue weighted by molar-refractivity contribution is 0.467. The molecule has 1 aromatic heterocycles. The van der Waals surface area contributed by atoms with Gasteiger partial charge in [0.25, 0.3) is 10.0 Å². The van der Waals surface area contributed by atoms with Gasteiger partial charge in [-0.3, -0.25) is 9.40 Å². The molecule has 0 unspecified atom stereocenters. The maximum Gasteiger partial charge on any atom is 0.265 e. The van der Waals surface area contributed by atoms with Crippen molar-refractivity contribution in [3.63, 3.8) is 0 Å². The third kappa shape index (κ3) is 3.90. The summed E-state index contributed by atoms with van der Waals surface area (Å²) in [6.07, 6.45) is 5.89. The fourth-order valence-corrected chi connectivity index (χ4v) is 5.12. The molecule has 1 heterocycles. The molecule has 146 valence electrons. The number of rotatable bonds is 5. The van der Waals surface area contributed by atoms with Crippen molar-refractivity contribution < 1.29 is 8.42 Å². The maximum absolute atomic E-state index is 13.2. The van der Waals surface area contributed by atoms with Gasteiger partial charge in [0.05, 0.1) is 16.8 Å². The van der Waals surface area contributed by atoms with Crippen LogP contribution < -0.4 is 4.72 Å². The number of anilines is 1. The summed E-state index contributed by atoms with van der Waals surface area (Å²) in [5, 5.41) is 5.32. The topological polar surface area (TPSA) is 64.0 Å². The third-order valence-corrected chi connectivity index (χ3v) is 6.84. The second-order valence-corrected chi connectivity index (χ2v) is 9.35. The summed E-state index contributed by atoms with van der Waals surface area (Å²) in [4.78, 5) is 0.127. The van der Waals surface area contributed by atoms with Crippen molar-refractivity contribution in [2.24, 2.45) is 0 Å². The number of aromatic nitrogens is 2. The summed E-state index contributed by atoms with van der Waals surface area (Å²) in [5.41, 5.74) is 1.41. The molecule has 1 saturated carbocycles. The number of benzene rings is 2. The molecule has 1 N–H and O–H groups in total. The average Bonchev–Trinajstić information content (AvgIpc) is 3.35. The molecule has 0 atom stereocenters. The molecule has 1 aliphatic rings. The van der Waals surface area contributed by atoms with Gasteiger partial charge in [0.2, 0.25) is 0 Å². The van der Waals surface area contributed by atoms with Gasteiger partial charge in [-0.2, -0.15) is 5.10 Å². The molecular formula is C20H19Cl2N3O2S. The van der Waals surface area contributed by atoms with Crippen LogP contribution in [0.4, 0.5) is 5.69 Å². The van der Waals surface area contributed by atoms with Gasteiger partial charge in [-0.15, -0.1) is 0 Å². The number of nitrogens with zero attached hydrogens (tertiary/aromatic N) is 2. The fourth-order valence-electron chi connectivity index (χ4n) is 3.50. The van der Waals surface area contributed by atoms with Gasteiger partial charge in [-0.25, -0.2) is 8.42 Å². The fraction of sp³-hybridized carbons (Fsp3) is 0.250. The van der Waals surface area contributed by atoms with Crippen LogP contribution >= 0.6 is 23.2 Å². The first kappa shape index (κ1) is 19.3. The second-order valence-electron chi connectivity index (χ2n) is 6.86. The minimum Gasteiger partial charge on any atom is -0.278 e. The Morgan fingerprint density at radius 1 is 1.04 bits per heavy atom. The van der Waals surface area contributed by atoms with Gasteiger partial charge in [-0.1, -0.05) is 66.4 Å². The standard InChI is InChI=1S/C20H19Cl2N3O2S/c21-15-10-11-17(22)18(12-15)24-28(26,27)19-13-25(16-8-4-5-9-16)23-20(19)14-6-2-1-3-7-14/h1-3,6-7,10-13,16,24H,4-5,8-9H2. The average molecular weight is 436 g/mol. The van der Waals surface area contributed by atoms with E-state index in [-0.39, 0.29) is 21.6 Å². The molecule has 0 spiro atoms. The Hall–Kier alpha value is -2.02. The Morgan fingerprint density at radius 3 is 2.46 bits per heavy atom. The molecule has 2 aromatic carbocycles. The second kappa shape index (κ2) is 7.78. The highest BCUT2D eigenvalue weighted by atomic mass is 35.5. The van der Waals surface area contributed by atoms with E-state index in [0.29, 0.717) is 10.7 Å². The molecule has 1 aliphatic carbocycles. The van der Waals surface area contributed by atoms with E-state index >= 15 is 0 Å². The van der Waals surface area contributed by atoms with Crippen LogP contribution in [0.2, 0.25) is 10.0 Å². The minimum atomic E-state index is -3.92. The predicted molar refractivity (Wildman–Crippen MR) is 112 cm³/mol. The normalized spacial score (nSPS) is 15.1. The first-order valence-corrected chi connectivity index (χ1v) is 11.3. The Balaban J connectivity index is 1.79. The van der Waals surface area contributed by atoms with Gasteiger partial charge in [0.1, 0.15) is 10.6 Å². The third-order valence-electron chi connectivity index (χ3n) is 4.91. The number of nitrogens with one attached hydrogen (secondary N) is 1. The molecule has 8 heteroatoms. The molecule has 28 heavy (non-hydrogen) atoms. The quantitative estimate of drug-likeness (QED) is 0.552. The number of hydrogen-bond donors (Lipinski definition) is 1. The van der Waals surface area contributed by atoms with Crippen LogP contribution in [-0.4, -0.2) is 18.2 Å². The smallest absolute Gasteiger partial charge is 0.265 e. The van der Waals surface area contributed by atoms with E-state index in [1.54, 1.807) is 23.0 Å². The van der Waals surface area contributed by atoms with E-state index < -0.39 is 10.0 Å². The van der Waals surface area contributed by atoms with Gasteiger partial charge in [-0.05, 0) is 31.0 Å². The molecule has 0 saturated heterocycles. The summed E-state index contributed by atoms with van der Waals surface area (Å²) < 4.78 is 30.8. The highest BCUT2D eigenvalue weighted by molar-refractivity contribution is 7.92. The minimum absolute atomic E-state index is 0.127. The maximum atomic E-state index is 13.2. The van der Waals surface area contributed by atoms with Crippen LogP contribution in [0.25, 0.3) is 11.3 Å². The van der Waals surface area contributed by atoms with Crippen molar-refractivity contribution in [2.45, 2.75) is 36.6 Å². The van der Waals surface area contributed by atoms with E-state index in [4.69, 9.17) is 23.2 Å². The van der Waals surface area contributed by atoms with Gasteiger partial charge in [0, 0.05) is 16.8 Å². The van der Waals surface area contributed by atoms with Gasteiger partial charge < -0.3 is 0 Å². The van der Waals surface area contributed by atoms with E-state index in [1.807, 2.05) is 30.3 Å². The van der Waals surface area contributed by atoms with Crippen molar-refractivity contribution >= 4 is 38.9 Å². The molecule has 3 aromatic rings. The summed E-state index contributed by atoms with van der Waals surface area (Å²) in [6.45, 7) is 0. The number of hydrogen-bond acceptors (Lipinski definition) is 3. The van der Waals surface area contributed by atoms with Crippen molar-refractivity contribution in [2.75, 3.05) is 4.72 Å². The molecule has 0 radical (unpaired) electrons. The van der Waals surface area contributed by atoms with E-state index in [1.165, 1.54) is 6.07 Å². The van der Waals surface area contributed by atoms with Crippen LogP contribution in [-0.2, 0) is 10.0 Å². The van der Waals surface area contributed by atoms with Crippen molar-refractivity contribution in [1.82, 2.24) is 9.78 Å². The molecule has 4 rings (SSSR count). The first-order chi connectivity index (χ1) is 13.4. The van der Waals surface area contributed by atoms with Crippen LogP contribution in [0.1, 0.15) is 31.7 Å². The Kier molecular flexibility index (Phi) is 5.36. The summed E-state index contributed by atoms with van der Waals surface area (Å²) in [7, 11) is -3.92. The zero-order chi connectivity index (χ0) is 19.7. The molecule has 1 fully saturated rings. The lowest BCUT2D eigenvalue weighted by Gasteiger charge is -2.10. The molecular weight excluding hydrogens is 417 g/mol. The summed E-state index contributed by atoms with van der Waals surface area (Å²) in [5.74, 6) is 0. The Bertz CT molecular complexity index is 1090. The van der Waals surface area contributed by atoms with Crippen molar-refractivity contribution in [3.8, 4) is 11.3 Å². The zero-order valence-corrected chi connectivity index (χ0v) is 17.3. The molecule has 0 amide bonds. The van der Waals surface area contributed by atoms with Crippen molar-refractivity contribution in [1.29, 1.82) is 0 Å².